The van der Waals surface area contributed by atoms with E-state index in [1.165, 1.54) is 19.2 Å². The molecule has 0 aromatic heterocycles. The monoisotopic (exact) mass is 502 g/mol. The van der Waals surface area contributed by atoms with Gasteiger partial charge in [-0.2, -0.15) is 0 Å². The van der Waals surface area contributed by atoms with Crippen molar-refractivity contribution in [1.82, 2.24) is 5.32 Å². The summed E-state index contributed by atoms with van der Waals surface area (Å²) in [4.78, 5) is 12.9. The van der Waals surface area contributed by atoms with Crippen LogP contribution in [-0.2, 0) is 21.4 Å². The van der Waals surface area contributed by atoms with Gasteiger partial charge in [0.1, 0.15) is 18.0 Å². The number of nitrogens with one attached hydrogen (secondary N) is 1. The summed E-state index contributed by atoms with van der Waals surface area (Å²) in [6, 6.07) is 19.6. The summed E-state index contributed by atoms with van der Waals surface area (Å²) in [5.41, 5.74) is 1.16. The molecule has 3 aromatic carbocycles. The summed E-state index contributed by atoms with van der Waals surface area (Å²) in [5, 5.41) is 3.24. The number of hydrogen-bond donors (Lipinski definition) is 1. The number of sulfonamides is 1. The van der Waals surface area contributed by atoms with E-state index in [9.17, 15) is 13.2 Å². The topological polar surface area (TPSA) is 84.9 Å². The fourth-order valence-corrected chi connectivity index (χ4v) is 4.73. The van der Waals surface area contributed by atoms with E-state index >= 15 is 0 Å². The average molecular weight is 503 g/mol. The molecule has 1 amide bonds. The molecule has 1 N–H and O–H groups in total. The lowest BCUT2D eigenvalue weighted by Crippen LogP contribution is -2.40. The van der Waals surface area contributed by atoms with Crippen LogP contribution < -0.4 is 19.1 Å². The Labute approximate surface area is 205 Å². The molecule has 0 unspecified atom stereocenters. The van der Waals surface area contributed by atoms with Crippen LogP contribution in [0.3, 0.4) is 0 Å². The molecule has 0 atom stereocenters. The maximum atomic E-state index is 13.4. The van der Waals surface area contributed by atoms with Gasteiger partial charge in [0.05, 0.1) is 23.8 Å². The minimum Gasteiger partial charge on any atom is -0.497 e. The molecule has 0 aliphatic carbocycles. The predicted octanol–water partition coefficient (Wildman–Crippen LogP) is 4.65. The third-order valence-electron chi connectivity index (χ3n) is 4.81. The van der Waals surface area contributed by atoms with Crippen LogP contribution in [-0.4, -0.2) is 34.1 Å². The summed E-state index contributed by atoms with van der Waals surface area (Å²) in [5.74, 6) is 0.771. The maximum absolute atomic E-state index is 13.4. The molecule has 9 heteroatoms. The Hall–Kier alpha value is -3.23. The van der Waals surface area contributed by atoms with Crippen molar-refractivity contribution in [3.8, 4) is 11.5 Å². The summed E-state index contributed by atoms with van der Waals surface area (Å²) < 4.78 is 38.7. The first-order valence-corrected chi connectivity index (χ1v) is 12.5. The number of hydrogen-bond acceptors (Lipinski definition) is 5. The van der Waals surface area contributed by atoms with Crippen molar-refractivity contribution >= 4 is 33.2 Å². The van der Waals surface area contributed by atoms with Gasteiger partial charge in [-0.15, -0.1) is 0 Å². The molecule has 180 valence electrons. The average Bonchev–Trinajstić information content (AvgIpc) is 2.81. The Balaban J connectivity index is 1.80. The van der Waals surface area contributed by atoms with E-state index in [0.29, 0.717) is 22.2 Å². The zero-order chi connectivity index (χ0) is 24.7. The van der Waals surface area contributed by atoms with Gasteiger partial charge in [0.2, 0.25) is 5.91 Å². The van der Waals surface area contributed by atoms with Crippen LogP contribution in [0.1, 0.15) is 19.4 Å². The van der Waals surface area contributed by atoms with Gasteiger partial charge in [-0.05, 0) is 80.1 Å². The molecular formula is C25H27ClN2O5S. The quantitative estimate of drug-likeness (QED) is 0.436. The second-order valence-electron chi connectivity index (χ2n) is 7.75. The van der Waals surface area contributed by atoms with Gasteiger partial charge in [0.25, 0.3) is 10.0 Å². The van der Waals surface area contributed by atoms with Gasteiger partial charge in [-0.25, -0.2) is 8.42 Å². The van der Waals surface area contributed by atoms with Crippen LogP contribution in [0.5, 0.6) is 11.5 Å². The Morgan fingerprint density at radius 1 is 1.00 bits per heavy atom. The van der Waals surface area contributed by atoms with E-state index in [-0.39, 0.29) is 17.5 Å². The Morgan fingerprint density at radius 3 is 2.29 bits per heavy atom. The Bertz CT molecular complexity index is 1210. The van der Waals surface area contributed by atoms with E-state index in [2.05, 4.69) is 5.32 Å². The lowest BCUT2D eigenvalue weighted by Gasteiger charge is -2.24. The highest BCUT2D eigenvalue weighted by Gasteiger charge is 2.27. The Kier molecular flexibility index (Phi) is 8.41. The summed E-state index contributed by atoms with van der Waals surface area (Å²) in [6.45, 7) is 3.69. The molecule has 0 saturated heterocycles. The molecule has 3 aromatic rings. The number of carbonyl (C=O) groups is 1. The molecule has 0 spiro atoms. The van der Waals surface area contributed by atoms with E-state index in [0.717, 1.165) is 9.87 Å². The first kappa shape index (κ1) is 25.4. The Morgan fingerprint density at radius 2 is 1.68 bits per heavy atom. The molecule has 34 heavy (non-hydrogen) atoms. The van der Waals surface area contributed by atoms with Crippen molar-refractivity contribution < 1.29 is 22.7 Å². The number of halogens is 1. The van der Waals surface area contributed by atoms with E-state index in [4.69, 9.17) is 21.1 Å². The highest BCUT2D eigenvalue weighted by Crippen LogP contribution is 2.26. The summed E-state index contributed by atoms with van der Waals surface area (Å²) in [6.07, 6.45) is 0.0286. The van der Waals surface area contributed by atoms with Crippen LogP contribution in [0, 0.1) is 0 Å². The highest BCUT2D eigenvalue weighted by atomic mass is 35.5. The third-order valence-corrected chi connectivity index (χ3v) is 6.85. The molecule has 0 fully saturated rings. The normalized spacial score (nSPS) is 11.2. The van der Waals surface area contributed by atoms with Crippen molar-refractivity contribution in [2.45, 2.75) is 31.4 Å². The van der Waals surface area contributed by atoms with Gasteiger partial charge in [0, 0.05) is 11.6 Å². The maximum Gasteiger partial charge on any atom is 0.264 e. The standard InChI is InChI=1S/C25H27ClN2O5S/c1-18(2)33-23-6-4-5-19(15-23)16-27-25(29)17-28(21-9-7-20(26)8-10-21)34(30,31)24-13-11-22(32-3)12-14-24/h4-15,18H,16-17H2,1-3H3,(H,27,29). The van der Waals surface area contributed by atoms with Gasteiger partial charge < -0.3 is 14.8 Å². The molecule has 7 nitrogen and oxygen atoms in total. The van der Waals surface area contributed by atoms with Crippen LogP contribution in [0.4, 0.5) is 5.69 Å². The van der Waals surface area contributed by atoms with Crippen LogP contribution in [0.15, 0.2) is 77.7 Å². The fraction of sp³-hybridized carbons (Fsp3) is 0.240. The van der Waals surface area contributed by atoms with Crippen molar-refractivity contribution in [3.05, 3.63) is 83.4 Å². The van der Waals surface area contributed by atoms with Gasteiger partial charge in [0.15, 0.2) is 0 Å². The molecule has 0 aliphatic rings. The molecule has 0 aliphatic heterocycles. The molecule has 3 rings (SSSR count). The van der Waals surface area contributed by atoms with Crippen molar-refractivity contribution in [2.75, 3.05) is 18.0 Å². The number of methoxy groups -OCH3 is 1. The largest absolute Gasteiger partial charge is 0.497 e. The lowest BCUT2D eigenvalue weighted by atomic mass is 10.2. The summed E-state index contributed by atoms with van der Waals surface area (Å²) in [7, 11) is -2.54. The fourth-order valence-electron chi connectivity index (χ4n) is 3.19. The van der Waals surface area contributed by atoms with Gasteiger partial charge in [-0.3, -0.25) is 9.10 Å². The highest BCUT2D eigenvalue weighted by molar-refractivity contribution is 7.92. The number of benzene rings is 3. The van der Waals surface area contributed by atoms with Crippen molar-refractivity contribution in [3.63, 3.8) is 0 Å². The predicted molar refractivity (Wildman–Crippen MR) is 133 cm³/mol. The zero-order valence-electron chi connectivity index (χ0n) is 19.2. The molecule has 0 radical (unpaired) electrons. The van der Waals surface area contributed by atoms with Crippen LogP contribution in [0.2, 0.25) is 5.02 Å². The minimum absolute atomic E-state index is 0.0286. The third kappa shape index (κ3) is 6.65. The number of carbonyl (C=O) groups excluding carboxylic acids is 1. The SMILES string of the molecule is COc1ccc(S(=O)(=O)N(CC(=O)NCc2cccc(OC(C)C)c2)c2ccc(Cl)cc2)cc1. The molecule has 0 saturated carbocycles. The van der Waals surface area contributed by atoms with Crippen LogP contribution >= 0.6 is 11.6 Å². The molecule has 0 heterocycles. The second kappa shape index (κ2) is 11.3. The second-order valence-corrected chi connectivity index (χ2v) is 10.1. The molecule has 0 bridgehead atoms. The van der Waals surface area contributed by atoms with E-state index in [1.807, 2.05) is 38.1 Å². The van der Waals surface area contributed by atoms with Crippen molar-refractivity contribution in [2.24, 2.45) is 0 Å². The number of anilines is 1. The minimum atomic E-state index is -4.04. The van der Waals surface area contributed by atoms with Crippen LogP contribution in [0.25, 0.3) is 0 Å². The first-order valence-electron chi connectivity index (χ1n) is 10.6. The van der Waals surface area contributed by atoms with Gasteiger partial charge in [-0.1, -0.05) is 23.7 Å². The first-order chi connectivity index (χ1) is 16.2. The number of nitrogens with zero attached hydrogens (tertiary/aromatic N) is 1. The summed E-state index contributed by atoms with van der Waals surface area (Å²) >= 11 is 5.98. The smallest absolute Gasteiger partial charge is 0.264 e. The zero-order valence-corrected chi connectivity index (χ0v) is 20.8. The number of amides is 1. The van der Waals surface area contributed by atoms with Crippen molar-refractivity contribution in [1.29, 1.82) is 0 Å². The number of rotatable bonds is 10. The van der Waals surface area contributed by atoms with E-state index < -0.39 is 22.5 Å². The lowest BCUT2D eigenvalue weighted by molar-refractivity contribution is -0.119. The van der Waals surface area contributed by atoms with E-state index in [1.54, 1.807) is 36.4 Å². The molecular weight excluding hydrogens is 476 g/mol. The van der Waals surface area contributed by atoms with Gasteiger partial charge >= 0.3 is 0 Å². The number of ether oxygens (including phenoxy) is 2.